The van der Waals surface area contributed by atoms with E-state index in [-0.39, 0.29) is 11.5 Å². The number of hydrogen-bond acceptors (Lipinski definition) is 5. The summed E-state index contributed by atoms with van der Waals surface area (Å²) in [6.45, 7) is 6.84. The van der Waals surface area contributed by atoms with Crippen molar-refractivity contribution in [2.45, 2.75) is 32.6 Å². The molecule has 0 aliphatic carbocycles. The van der Waals surface area contributed by atoms with Gasteiger partial charge in [-0.05, 0) is 81.3 Å². The van der Waals surface area contributed by atoms with Crippen LogP contribution in [0.15, 0.2) is 65.6 Å². The van der Waals surface area contributed by atoms with Gasteiger partial charge in [0.2, 0.25) is 5.91 Å². The normalized spacial score (nSPS) is 11.1. The van der Waals surface area contributed by atoms with E-state index in [0.29, 0.717) is 33.1 Å². The van der Waals surface area contributed by atoms with Gasteiger partial charge in [-0.2, -0.15) is 0 Å². The molecule has 184 valence electrons. The predicted octanol–water partition coefficient (Wildman–Crippen LogP) is 5.28. The molecule has 0 radical (unpaired) electrons. The summed E-state index contributed by atoms with van der Waals surface area (Å²) in [5.41, 5.74) is 3.32. The molecule has 0 aliphatic rings. The molecule has 7 nitrogen and oxygen atoms in total. The van der Waals surface area contributed by atoms with E-state index in [0.717, 1.165) is 9.87 Å². The lowest BCUT2D eigenvalue weighted by molar-refractivity contribution is -0.114. The van der Waals surface area contributed by atoms with Crippen LogP contribution < -0.4 is 9.62 Å². The second-order valence-electron chi connectivity index (χ2n) is 8.05. The summed E-state index contributed by atoms with van der Waals surface area (Å²) in [7, 11) is -4.08. The fraction of sp³-hybridized carbons (Fsp3) is 0.231. The predicted molar refractivity (Wildman–Crippen MR) is 138 cm³/mol. The van der Waals surface area contributed by atoms with E-state index in [1.54, 1.807) is 63.2 Å². The standard InChI is InChI=1S/C26H27ClN2O5S/c1-5-34-26(31)20-9-13-23(19(4)14-20)28-25(30)16-29(24-15-21(27)10-8-18(24)3)35(32,33)22-11-6-17(2)7-12-22/h6-15H,5,16H2,1-4H3,(H,28,30). The molecule has 3 rings (SSSR count). The Bertz CT molecular complexity index is 1350. The van der Waals surface area contributed by atoms with E-state index in [1.165, 1.54) is 18.2 Å². The zero-order valence-corrected chi connectivity index (χ0v) is 21.5. The molecule has 3 aromatic rings. The van der Waals surface area contributed by atoms with Crippen LogP contribution in [0.2, 0.25) is 5.02 Å². The number of nitrogens with one attached hydrogen (secondary N) is 1. The maximum Gasteiger partial charge on any atom is 0.338 e. The molecule has 0 spiro atoms. The first kappa shape index (κ1) is 26.2. The van der Waals surface area contributed by atoms with Crippen LogP contribution in [-0.2, 0) is 19.6 Å². The first-order valence-corrected chi connectivity index (χ1v) is 12.8. The lowest BCUT2D eigenvalue weighted by Crippen LogP contribution is -2.38. The monoisotopic (exact) mass is 514 g/mol. The fourth-order valence-corrected chi connectivity index (χ4v) is 5.10. The third-order valence-corrected chi connectivity index (χ3v) is 7.36. The number of anilines is 2. The van der Waals surface area contributed by atoms with Gasteiger partial charge in [0, 0.05) is 10.7 Å². The van der Waals surface area contributed by atoms with Crippen LogP contribution >= 0.6 is 11.6 Å². The first-order chi connectivity index (χ1) is 16.5. The van der Waals surface area contributed by atoms with Crippen LogP contribution in [0.5, 0.6) is 0 Å². The molecule has 0 saturated carbocycles. The summed E-state index contributed by atoms with van der Waals surface area (Å²) >= 11 is 6.17. The Morgan fingerprint density at radius 3 is 2.26 bits per heavy atom. The molecular formula is C26H27ClN2O5S. The van der Waals surface area contributed by atoms with Crippen molar-refractivity contribution in [3.05, 3.63) is 87.9 Å². The van der Waals surface area contributed by atoms with E-state index in [9.17, 15) is 18.0 Å². The number of hydrogen-bond donors (Lipinski definition) is 1. The quantitative estimate of drug-likeness (QED) is 0.413. The van der Waals surface area contributed by atoms with E-state index in [4.69, 9.17) is 16.3 Å². The van der Waals surface area contributed by atoms with Gasteiger partial charge in [0.25, 0.3) is 10.0 Å². The van der Waals surface area contributed by atoms with Crippen LogP contribution in [0.3, 0.4) is 0 Å². The molecule has 0 fully saturated rings. The molecule has 0 aliphatic heterocycles. The Balaban J connectivity index is 1.94. The Labute approximate surface area is 210 Å². The van der Waals surface area contributed by atoms with Gasteiger partial charge in [-0.3, -0.25) is 9.10 Å². The highest BCUT2D eigenvalue weighted by atomic mass is 35.5. The molecule has 35 heavy (non-hydrogen) atoms. The molecule has 0 heterocycles. The zero-order valence-electron chi connectivity index (χ0n) is 20.0. The average Bonchev–Trinajstić information content (AvgIpc) is 2.81. The third-order valence-electron chi connectivity index (χ3n) is 5.35. The number of amides is 1. The maximum absolute atomic E-state index is 13.6. The van der Waals surface area contributed by atoms with Crippen LogP contribution in [0.1, 0.15) is 34.0 Å². The number of aryl methyl sites for hydroxylation is 3. The number of ether oxygens (including phenoxy) is 1. The van der Waals surface area contributed by atoms with Crippen LogP contribution in [0.25, 0.3) is 0 Å². The van der Waals surface area contributed by atoms with E-state index in [1.807, 2.05) is 6.92 Å². The highest BCUT2D eigenvalue weighted by molar-refractivity contribution is 7.92. The van der Waals surface area contributed by atoms with Gasteiger partial charge in [0.05, 0.1) is 22.8 Å². The van der Waals surface area contributed by atoms with Gasteiger partial charge >= 0.3 is 5.97 Å². The number of rotatable bonds is 8. The number of benzene rings is 3. The molecule has 3 aromatic carbocycles. The van der Waals surface area contributed by atoms with Crippen molar-refractivity contribution in [3.63, 3.8) is 0 Å². The molecule has 1 N–H and O–H groups in total. The van der Waals surface area contributed by atoms with Crippen molar-refractivity contribution in [1.29, 1.82) is 0 Å². The SMILES string of the molecule is CCOC(=O)c1ccc(NC(=O)CN(c2cc(Cl)ccc2C)S(=O)(=O)c2ccc(C)cc2)c(C)c1. The molecule has 0 unspecified atom stereocenters. The van der Waals surface area contributed by atoms with Gasteiger partial charge in [-0.1, -0.05) is 35.4 Å². The highest BCUT2D eigenvalue weighted by Crippen LogP contribution is 2.30. The number of carbonyl (C=O) groups is 2. The first-order valence-electron chi connectivity index (χ1n) is 11.0. The lowest BCUT2D eigenvalue weighted by atomic mass is 10.1. The molecule has 9 heteroatoms. The smallest absolute Gasteiger partial charge is 0.338 e. The largest absolute Gasteiger partial charge is 0.462 e. The summed E-state index contributed by atoms with van der Waals surface area (Å²) in [5, 5.41) is 3.09. The summed E-state index contributed by atoms with van der Waals surface area (Å²) < 4.78 is 33.2. The molecular weight excluding hydrogens is 488 g/mol. The van der Waals surface area contributed by atoms with E-state index >= 15 is 0 Å². The fourth-order valence-electron chi connectivity index (χ4n) is 3.45. The van der Waals surface area contributed by atoms with Crippen LogP contribution in [0.4, 0.5) is 11.4 Å². The summed E-state index contributed by atoms with van der Waals surface area (Å²) in [4.78, 5) is 25.1. The molecule has 1 amide bonds. The number of sulfonamides is 1. The van der Waals surface area contributed by atoms with Crippen molar-refractivity contribution in [1.82, 2.24) is 0 Å². The second kappa shape index (κ2) is 10.9. The highest BCUT2D eigenvalue weighted by Gasteiger charge is 2.28. The second-order valence-corrected chi connectivity index (χ2v) is 10.4. The minimum absolute atomic E-state index is 0.0604. The van der Waals surface area contributed by atoms with Crippen molar-refractivity contribution in [3.8, 4) is 0 Å². The van der Waals surface area contributed by atoms with Gasteiger partial charge in [0.15, 0.2) is 0 Å². The molecule has 0 saturated heterocycles. The van der Waals surface area contributed by atoms with Gasteiger partial charge in [-0.25, -0.2) is 13.2 Å². The number of nitrogens with zero attached hydrogens (tertiary/aromatic N) is 1. The van der Waals surface area contributed by atoms with Crippen molar-refractivity contribution >= 4 is 44.9 Å². The zero-order chi connectivity index (χ0) is 25.8. The van der Waals surface area contributed by atoms with Crippen molar-refractivity contribution in [2.75, 3.05) is 22.8 Å². The summed E-state index contributed by atoms with van der Waals surface area (Å²) in [5.74, 6) is -1.01. The Morgan fingerprint density at radius 2 is 1.63 bits per heavy atom. The van der Waals surface area contributed by atoms with Gasteiger partial charge in [0.1, 0.15) is 6.54 Å². The number of esters is 1. The minimum atomic E-state index is -4.08. The van der Waals surface area contributed by atoms with Gasteiger partial charge < -0.3 is 10.1 Å². The minimum Gasteiger partial charge on any atom is -0.462 e. The Kier molecular flexibility index (Phi) is 8.19. The average molecular weight is 515 g/mol. The number of halogens is 1. The Hall–Kier alpha value is -3.36. The molecule has 0 aromatic heterocycles. The van der Waals surface area contributed by atoms with Crippen LogP contribution in [0, 0.1) is 20.8 Å². The molecule has 0 bridgehead atoms. The number of carbonyl (C=O) groups excluding carboxylic acids is 2. The van der Waals surface area contributed by atoms with Crippen LogP contribution in [-0.4, -0.2) is 33.4 Å². The Morgan fingerprint density at radius 1 is 0.943 bits per heavy atom. The van der Waals surface area contributed by atoms with Crippen molar-refractivity contribution < 1.29 is 22.7 Å². The van der Waals surface area contributed by atoms with Crippen molar-refractivity contribution in [2.24, 2.45) is 0 Å². The van der Waals surface area contributed by atoms with E-state index in [2.05, 4.69) is 5.32 Å². The molecule has 0 atom stereocenters. The van der Waals surface area contributed by atoms with Gasteiger partial charge in [-0.15, -0.1) is 0 Å². The van der Waals surface area contributed by atoms with E-state index < -0.39 is 28.4 Å². The summed E-state index contributed by atoms with van der Waals surface area (Å²) in [6, 6.07) is 16.0. The topological polar surface area (TPSA) is 92.8 Å². The maximum atomic E-state index is 13.6. The summed E-state index contributed by atoms with van der Waals surface area (Å²) in [6.07, 6.45) is 0. The lowest BCUT2D eigenvalue weighted by Gasteiger charge is -2.26. The third kappa shape index (κ3) is 6.21.